The van der Waals surface area contributed by atoms with Crippen LogP contribution in [0, 0.1) is 6.92 Å². The highest BCUT2D eigenvalue weighted by molar-refractivity contribution is 8.18. The van der Waals surface area contributed by atoms with Gasteiger partial charge in [-0.25, -0.2) is 0 Å². The van der Waals surface area contributed by atoms with Gasteiger partial charge < -0.3 is 24.4 Å². The molecule has 0 unspecified atom stereocenters. The molecule has 0 radical (unpaired) electrons. The third-order valence-corrected chi connectivity index (χ3v) is 7.15. The molecule has 2 aliphatic heterocycles. The van der Waals surface area contributed by atoms with Crippen LogP contribution in [0.3, 0.4) is 0 Å². The first-order valence-electron chi connectivity index (χ1n) is 11.7. The summed E-state index contributed by atoms with van der Waals surface area (Å²) >= 11 is 6.86. The lowest BCUT2D eigenvalue weighted by atomic mass is 10.2. The Balaban J connectivity index is 1.38. The fourth-order valence-corrected chi connectivity index (χ4v) is 4.76. The van der Waals surface area contributed by atoms with E-state index in [2.05, 4.69) is 5.32 Å². The molecule has 2 aromatic carbocycles. The molecule has 4 rings (SSSR count). The molecule has 0 spiro atoms. The minimum Gasteiger partial charge on any atom is -0.493 e. The van der Waals surface area contributed by atoms with Gasteiger partial charge in [0.05, 0.1) is 25.2 Å². The van der Waals surface area contributed by atoms with Crippen molar-refractivity contribution in [1.82, 2.24) is 9.80 Å². The van der Waals surface area contributed by atoms with Crippen molar-refractivity contribution in [2.45, 2.75) is 6.92 Å². The second-order valence-electron chi connectivity index (χ2n) is 8.47. The van der Waals surface area contributed by atoms with E-state index in [0.29, 0.717) is 54.1 Å². The van der Waals surface area contributed by atoms with Gasteiger partial charge in [0.2, 0.25) is 5.91 Å². The quantitative estimate of drug-likeness (QED) is 0.488. The number of halogens is 1. The van der Waals surface area contributed by atoms with Gasteiger partial charge in [0.1, 0.15) is 6.54 Å². The average Bonchev–Trinajstić information content (AvgIpc) is 3.17. The first-order chi connectivity index (χ1) is 18.2. The number of imide groups is 1. The van der Waals surface area contributed by atoms with Gasteiger partial charge in [-0.05, 0) is 60.2 Å². The Labute approximate surface area is 228 Å². The molecule has 0 aromatic heterocycles. The number of amides is 4. The normalized spacial score (nSPS) is 16.7. The van der Waals surface area contributed by atoms with Gasteiger partial charge >= 0.3 is 0 Å². The number of methoxy groups -OCH3 is 1. The number of morpholine rings is 1. The van der Waals surface area contributed by atoms with Crippen LogP contribution in [0.2, 0.25) is 5.02 Å². The molecule has 0 aliphatic carbocycles. The van der Waals surface area contributed by atoms with Crippen LogP contribution < -0.4 is 14.8 Å². The maximum Gasteiger partial charge on any atom is 0.294 e. The van der Waals surface area contributed by atoms with Crippen LogP contribution in [0.4, 0.5) is 10.5 Å². The van der Waals surface area contributed by atoms with Gasteiger partial charge in [0.15, 0.2) is 18.1 Å². The molecule has 38 heavy (non-hydrogen) atoms. The summed E-state index contributed by atoms with van der Waals surface area (Å²) in [5, 5.41) is 2.76. The number of nitrogens with one attached hydrogen (secondary N) is 1. The first kappa shape index (κ1) is 27.5. The van der Waals surface area contributed by atoms with Gasteiger partial charge in [0, 0.05) is 23.8 Å². The number of hydrogen-bond acceptors (Lipinski definition) is 8. The molecule has 2 fully saturated rings. The SMILES string of the molecule is COc1cc(/C=C2\SC(=O)N(CC(=O)N3CCOCC3)C2=O)ccc1OCC(=O)Nc1ccc(C)c(Cl)c1. The van der Waals surface area contributed by atoms with Crippen molar-refractivity contribution in [2.24, 2.45) is 0 Å². The lowest BCUT2D eigenvalue weighted by molar-refractivity contribution is -0.139. The second kappa shape index (κ2) is 12.3. The van der Waals surface area contributed by atoms with Crippen LogP contribution in [0.5, 0.6) is 11.5 Å². The maximum absolute atomic E-state index is 12.8. The van der Waals surface area contributed by atoms with E-state index < -0.39 is 11.1 Å². The van der Waals surface area contributed by atoms with Crippen molar-refractivity contribution in [3.05, 3.63) is 57.5 Å². The summed E-state index contributed by atoms with van der Waals surface area (Å²) in [5.74, 6) is -0.544. The van der Waals surface area contributed by atoms with E-state index in [9.17, 15) is 19.2 Å². The summed E-state index contributed by atoms with van der Waals surface area (Å²) in [6.07, 6.45) is 1.55. The van der Waals surface area contributed by atoms with E-state index in [1.165, 1.54) is 7.11 Å². The Morgan fingerprint density at radius 1 is 1.13 bits per heavy atom. The highest BCUT2D eigenvalue weighted by Gasteiger charge is 2.37. The zero-order chi connectivity index (χ0) is 27.2. The van der Waals surface area contributed by atoms with Crippen molar-refractivity contribution in [3.63, 3.8) is 0 Å². The van der Waals surface area contributed by atoms with E-state index in [4.69, 9.17) is 25.8 Å². The van der Waals surface area contributed by atoms with Crippen molar-refractivity contribution in [1.29, 1.82) is 0 Å². The summed E-state index contributed by atoms with van der Waals surface area (Å²) in [7, 11) is 1.45. The van der Waals surface area contributed by atoms with Gasteiger partial charge in [-0.2, -0.15) is 0 Å². The fraction of sp³-hybridized carbons (Fsp3) is 0.308. The molecule has 4 amide bonds. The molecule has 2 aromatic rings. The van der Waals surface area contributed by atoms with Crippen molar-refractivity contribution >= 4 is 58.1 Å². The Morgan fingerprint density at radius 2 is 1.89 bits per heavy atom. The molecule has 2 heterocycles. The molecule has 1 N–H and O–H groups in total. The number of ether oxygens (including phenoxy) is 3. The van der Waals surface area contributed by atoms with E-state index >= 15 is 0 Å². The Kier molecular flexibility index (Phi) is 8.93. The number of carbonyl (C=O) groups excluding carboxylic acids is 4. The Hall–Kier alpha value is -3.54. The predicted octanol–water partition coefficient (Wildman–Crippen LogP) is 3.57. The third-order valence-electron chi connectivity index (χ3n) is 5.83. The largest absolute Gasteiger partial charge is 0.493 e. The zero-order valence-electron chi connectivity index (χ0n) is 20.8. The first-order valence-corrected chi connectivity index (χ1v) is 12.9. The number of anilines is 1. The molecule has 2 aliphatic rings. The molecule has 0 atom stereocenters. The minimum atomic E-state index is -0.534. The van der Waals surface area contributed by atoms with E-state index in [1.54, 1.807) is 47.4 Å². The Morgan fingerprint density at radius 3 is 2.61 bits per heavy atom. The van der Waals surface area contributed by atoms with Crippen LogP contribution in [-0.2, 0) is 19.1 Å². The van der Waals surface area contributed by atoms with Crippen LogP contribution in [-0.4, -0.2) is 79.3 Å². The standard InChI is InChI=1S/C26H26ClN3O7S/c1-16-3-5-18(13-19(16)27)28-23(31)15-37-20-6-4-17(11-21(20)35-2)12-22-25(33)30(26(34)38-22)14-24(32)29-7-9-36-10-8-29/h3-6,11-13H,7-10,14-15H2,1-2H3,(H,28,31)/b22-12-. The van der Waals surface area contributed by atoms with Crippen LogP contribution in [0.1, 0.15) is 11.1 Å². The maximum atomic E-state index is 12.8. The monoisotopic (exact) mass is 559 g/mol. The summed E-state index contributed by atoms with van der Waals surface area (Å²) in [4.78, 5) is 52.8. The molecular weight excluding hydrogens is 534 g/mol. The van der Waals surface area contributed by atoms with Crippen LogP contribution in [0.25, 0.3) is 6.08 Å². The predicted molar refractivity (Wildman–Crippen MR) is 143 cm³/mol. The molecule has 2 saturated heterocycles. The van der Waals surface area contributed by atoms with E-state index in [-0.39, 0.29) is 29.9 Å². The number of hydrogen-bond donors (Lipinski definition) is 1. The summed E-state index contributed by atoms with van der Waals surface area (Å²) in [6.45, 7) is 3.02. The van der Waals surface area contributed by atoms with E-state index in [1.807, 2.05) is 6.92 Å². The minimum absolute atomic E-state index is 0.191. The summed E-state index contributed by atoms with van der Waals surface area (Å²) in [6, 6.07) is 10.1. The number of thioether (sulfide) groups is 1. The average molecular weight is 560 g/mol. The third kappa shape index (κ3) is 6.66. The fourth-order valence-electron chi connectivity index (χ4n) is 3.74. The summed E-state index contributed by atoms with van der Waals surface area (Å²) < 4.78 is 16.2. The Bertz CT molecular complexity index is 1290. The highest BCUT2D eigenvalue weighted by Crippen LogP contribution is 2.34. The van der Waals surface area contributed by atoms with Crippen molar-refractivity contribution in [3.8, 4) is 11.5 Å². The smallest absolute Gasteiger partial charge is 0.294 e. The summed E-state index contributed by atoms with van der Waals surface area (Å²) in [5.41, 5.74) is 2.03. The van der Waals surface area contributed by atoms with Crippen molar-refractivity contribution < 1.29 is 33.4 Å². The lowest BCUT2D eigenvalue weighted by Crippen LogP contribution is -2.46. The van der Waals surface area contributed by atoms with Gasteiger partial charge in [-0.15, -0.1) is 0 Å². The number of benzene rings is 2. The zero-order valence-corrected chi connectivity index (χ0v) is 22.4. The molecule has 0 saturated carbocycles. The van der Waals surface area contributed by atoms with Crippen LogP contribution >= 0.6 is 23.4 Å². The molecule has 200 valence electrons. The lowest BCUT2D eigenvalue weighted by Gasteiger charge is -2.28. The molecular formula is C26H26ClN3O7S. The van der Waals surface area contributed by atoms with Gasteiger partial charge in [-0.3, -0.25) is 24.1 Å². The van der Waals surface area contributed by atoms with Crippen molar-refractivity contribution in [2.75, 3.05) is 51.9 Å². The number of nitrogens with zero attached hydrogens (tertiary/aromatic N) is 2. The van der Waals surface area contributed by atoms with E-state index in [0.717, 1.165) is 22.2 Å². The van der Waals surface area contributed by atoms with Gasteiger partial charge in [-0.1, -0.05) is 23.7 Å². The number of carbonyl (C=O) groups is 4. The number of aryl methyl sites for hydroxylation is 1. The molecule has 12 heteroatoms. The second-order valence-corrected chi connectivity index (χ2v) is 9.87. The van der Waals surface area contributed by atoms with Gasteiger partial charge in [0.25, 0.3) is 17.1 Å². The molecule has 10 nitrogen and oxygen atoms in total. The topological polar surface area (TPSA) is 114 Å². The number of rotatable bonds is 8. The van der Waals surface area contributed by atoms with Crippen LogP contribution in [0.15, 0.2) is 41.3 Å². The highest BCUT2D eigenvalue weighted by atomic mass is 35.5. The molecule has 0 bridgehead atoms.